The minimum Gasteiger partial charge on any atom is -0.450 e. The Bertz CT molecular complexity index is 977. The molecular weight excluding hydrogens is 382 g/mol. The van der Waals surface area contributed by atoms with E-state index in [0.717, 1.165) is 43.5 Å². The molecule has 3 saturated heterocycles. The standard InChI is InChI=1S/C23H27N3O4/c1-25-10-8-22(29,21(25)28)15-5-2-3-6-16(15)24-17-11-14-12-20(27)30-23(14)13-18(17)26-9-4-7-19(23)26/h2-3,5-6,12,17-19,24,29H,4,7-11,13H2,1H3/t17-,18+,19-,22-,23+/m1/s1. The summed E-state index contributed by atoms with van der Waals surface area (Å²) in [6.07, 6.45) is 5.83. The number of carbonyl (C=O) groups is 2. The average molecular weight is 409 g/mol. The van der Waals surface area contributed by atoms with Crippen LogP contribution in [0.25, 0.3) is 0 Å². The first-order valence-corrected chi connectivity index (χ1v) is 11.0. The topological polar surface area (TPSA) is 82.1 Å². The first kappa shape index (κ1) is 18.4. The molecular formula is C23H27N3O4. The molecule has 2 N–H and O–H groups in total. The number of hydrogen-bond donors (Lipinski definition) is 2. The van der Waals surface area contributed by atoms with E-state index in [1.54, 1.807) is 18.0 Å². The van der Waals surface area contributed by atoms with E-state index in [0.29, 0.717) is 18.5 Å². The van der Waals surface area contributed by atoms with Crippen molar-refractivity contribution in [2.45, 2.75) is 61.4 Å². The summed E-state index contributed by atoms with van der Waals surface area (Å²) in [4.78, 5) is 29.0. The van der Waals surface area contributed by atoms with Gasteiger partial charge in [-0.2, -0.15) is 0 Å². The summed E-state index contributed by atoms with van der Waals surface area (Å²) in [6, 6.07) is 8.24. The molecule has 158 valence electrons. The van der Waals surface area contributed by atoms with Crippen molar-refractivity contribution in [1.82, 2.24) is 9.80 Å². The van der Waals surface area contributed by atoms with E-state index >= 15 is 0 Å². The maximum atomic E-state index is 12.7. The molecule has 6 rings (SSSR count). The third-order valence-electron chi connectivity index (χ3n) is 8.02. The molecule has 1 spiro atoms. The molecule has 4 fully saturated rings. The number of nitrogens with one attached hydrogen (secondary N) is 1. The number of nitrogens with zero attached hydrogens (tertiary/aromatic N) is 2. The molecule has 1 saturated carbocycles. The van der Waals surface area contributed by atoms with E-state index in [2.05, 4.69) is 10.2 Å². The number of para-hydroxylation sites is 1. The number of hydrogen-bond acceptors (Lipinski definition) is 6. The number of benzene rings is 1. The number of likely N-dealkylation sites (tertiary alicyclic amines) is 1. The lowest BCUT2D eigenvalue weighted by Gasteiger charge is -2.38. The maximum absolute atomic E-state index is 12.7. The number of likely N-dealkylation sites (N-methyl/N-ethyl adjacent to an activating group) is 1. The van der Waals surface area contributed by atoms with Crippen molar-refractivity contribution in [3.05, 3.63) is 41.5 Å². The fourth-order valence-electron chi connectivity index (χ4n) is 6.64. The van der Waals surface area contributed by atoms with Gasteiger partial charge in [0.25, 0.3) is 5.91 Å². The monoisotopic (exact) mass is 409 g/mol. The van der Waals surface area contributed by atoms with Crippen molar-refractivity contribution >= 4 is 17.6 Å². The van der Waals surface area contributed by atoms with Crippen molar-refractivity contribution < 1.29 is 19.4 Å². The number of carbonyl (C=O) groups excluding carboxylic acids is 2. The second-order valence-corrected chi connectivity index (χ2v) is 9.49. The number of fused-ring (bicyclic) bond motifs is 3. The molecule has 1 aromatic carbocycles. The quantitative estimate of drug-likeness (QED) is 0.734. The van der Waals surface area contributed by atoms with Gasteiger partial charge in [0.2, 0.25) is 0 Å². The van der Waals surface area contributed by atoms with Crippen LogP contribution >= 0.6 is 0 Å². The summed E-state index contributed by atoms with van der Waals surface area (Å²) >= 11 is 0. The van der Waals surface area contributed by atoms with Gasteiger partial charge in [0.05, 0.1) is 6.04 Å². The van der Waals surface area contributed by atoms with Gasteiger partial charge in [0, 0.05) is 55.8 Å². The second-order valence-electron chi connectivity index (χ2n) is 9.49. The molecule has 1 aromatic rings. The molecule has 0 aromatic heterocycles. The third-order valence-corrected chi connectivity index (χ3v) is 8.02. The molecule has 0 radical (unpaired) electrons. The van der Waals surface area contributed by atoms with Crippen LogP contribution in [0, 0.1) is 0 Å². The molecule has 1 aliphatic carbocycles. The third kappa shape index (κ3) is 2.28. The molecule has 4 aliphatic heterocycles. The first-order valence-electron chi connectivity index (χ1n) is 11.0. The van der Waals surface area contributed by atoms with Crippen molar-refractivity contribution in [1.29, 1.82) is 0 Å². The number of anilines is 1. The number of ether oxygens (including phenoxy) is 1. The largest absolute Gasteiger partial charge is 0.450 e. The summed E-state index contributed by atoms with van der Waals surface area (Å²) in [6.45, 7) is 1.56. The molecule has 1 amide bonds. The highest BCUT2D eigenvalue weighted by Gasteiger charge is 2.64. The molecule has 2 bridgehead atoms. The number of aliphatic hydroxyl groups is 1. The first-order chi connectivity index (χ1) is 14.4. The highest BCUT2D eigenvalue weighted by atomic mass is 16.6. The van der Waals surface area contributed by atoms with Crippen LogP contribution in [0.3, 0.4) is 0 Å². The van der Waals surface area contributed by atoms with Crippen molar-refractivity contribution in [2.75, 3.05) is 25.5 Å². The van der Waals surface area contributed by atoms with Crippen molar-refractivity contribution in [3.63, 3.8) is 0 Å². The molecule has 30 heavy (non-hydrogen) atoms. The summed E-state index contributed by atoms with van der Waals surface area (Å²) in [5, 5.41) is 14.9. The van der Waals surface area contributed by atoms with Crippen LogP contribution in [0.1, 0.15) is 37.7 Å². The van der Waals surface area contributed by atoms with Gasteiger partial charge in [-0.25, -0.2) is 4.79 Å². The maximum Gasteiger partial charge on any atom is 0.331 e. The zero-order chi connectivity index (χ0) is 20.7. The Morgan fingerprint density at radius 1 is 1.23 bits per heavy atom. The van der Waals surface area contributed by atoms with Crippen LogP contribution in [0.4, 0.5) is 5.69 Å². The molecule has 5 aliphatic rings. The Kier molecular flexibility index (Phi) is 3.73. The molecule has 5 atom stereocenters. The van der Waals surface area contributed by atoms with E-state index in [1.807, 2.05) is 24.3 Å². The molecule has 7 nitrogen and oxygen atoms in total. The predicted octanol–water partition coefficient (Wildman–Crippen LogP) is 1.38. The van der Waals surface area contributed by atoms with E-state index < -0.39 is 11.2 Å². The van der Waals surface area contributed by atoms with Crippen molar-refractivity contribution in [3.8, 4) is 0 Å². The molecule has 4 heterocycles. The number of rotatable bonds is 3. The highest BCUT2D eigenvalue weighted by Crippen LogP contribution is 2.55. The minimum absolute atomic E-state index is 0.0981. The van der Waals surface area contributed by atoms with Gasteiger partial charge >= 0.3 is 5.97 Å². The summed E-state index contributed by atoms with van der Waals surface area (Å²) < 4.78 is 5.91. The Hall–Kier alpha value is -2.38. The van der Waals surface area contributed by atoms with Gasteiger partial charge in [0.15, 0.2) is 11.2 Å². The molecule has 0 unspecified atom stereocenters. The van der Waals surface area contributed by atoms with Gasteiger partial charge in [-0.1, -0.05) is 18.2 Å². The van der Waals surface area contributed by atoms with Gasteiger partial charge in [-0.3, -0.25) is 9.69 Å². The Morgan fingerprint density at radius 3 is 2.87 bits per heavy atom. The van der Waals surface area contributed by atoms with E-state index in [1.165, 1.54) is 0 Å². The smallest absolute Gasteiger partial charge is 0.331 e. The SMILES string of the molecule is CN1CC[C@@](O)(c2ccccc2N[C@@H]2CC3=CC(=O)O[C@@]34C[C@@H]2N2CCC[C@@H]24)C1=O. The summed E-state index contributed by atoms with van der Waals surface area (Å²) in [5.41, 5.74) is 0.616. The molecule has 7 heteroatoms. The van der Waals surface area contributed by atoms with Gasteiger partial charge in [-0.05, 0) is 37.4 Å². The average Bonchev–Trinajstić information content (AvgIpc) is 3.45. The normalized spacial score (nSPS) is 39.7. The van der Waals surface area contributed by atoms with Crippen LogP contribution in [0.15, 0.2) is 35.9 Å². The Morgan fingerprint density at radius 2 is 2.07 bits per heavy atom. The van der Waals surface area contributed by atoms with Crippen LogP contribution < -0.4 is 5.32 Å². The summed E-state index contributed by atoms with van der Waals surface area (Å²) in [7, 11) is 1.73. The Labute approximate surface area is 175 Å². The van der Waals surface area contributed by atoms with Gasteiger partial charge in [-0.15, -0.1) is 0 Å². The van der Waals surface area contributed by atoms with Crippen LogP contribution in [-0.4, -0.2) is 70.6 Å². The fourth-order valence-corrected chi connectivity index (χ4v) is 6.64. The van der Waals surface area contributed by atoms with Gasteiger partial charge < -0.3 is 20.1 Å². The Balaban J connectivity index is 1.36. The van der Waals surface area contributed by atoms with Crippen LogP contribution in [0.2, 0.25) is 0 Å². The van der Waals surface area contributed by atoms with E-state index in [9.17, 15) is 14.7 Å². The van der Waals surface area contributed by atoms with Crippen LogP contribution in [-0.2, 0) is 19.9 Å². The predicted molar refractivity (Wildman–Crippen MR) is 110 cm³/mol. The van der Waals surface area contributed by atoms with Crippen molar-refractivity contribution in [2.24, 2.45) is 0 Å². The number of amides is 1. The zero-order valence-corrected chi connectivity index (χ0v) is 17.1. The number of esters is 1. The zero-order valence-electron chi connectivity index (χ0n) is 17.1. The van der Waals surface area contributed by atoms with Gasteiger partial charge in [0.1, 0.15) is 0 Å². The minimum atomic E-state index is -1.49. The lowest BCUT2D eigenvalue weighted by Crippen LogP contribution is -2.46. The summed E-state index contributed by atoms with van der Waals surface area (Å²) in [5.74, 6) is -0.468. The highest BCUT2D eigenvalue weighted by molar-refractivity contribution is 5.90. The van der Waals surface area contributed by atoms with Crippen LogP contribution in [0.5, 0.6) is 0 Å². The lowest BCUT2D eigenvalue weighted by molar-refractivity contribution is -0.147. The van der Waals surface area contributed by atoms with E-state index in [-0.39, 0.29) is 30.0 Å². The second kappa shape index (κ2) is 6.08. The lowest BCUT2D eigenvalue weighted by atomic mass is 9.75. The fraction of sp³-hybridized carbons (Fsp3) is 0.565. The van der Waals surface area contributed by atoms with E-state index in [4.69, 9.17) is 4.74 Å².